The number of hydrogen-bond donors (Lipinski definition) is 1. The zero-order chi connectivity index (χ0) is 10.7. The molecule has 0 saturated carbocycles. The predicted molar refractivity (Wildman–Crippen MR) is 60.7 cm³/mol. The van der Waals surface area contributed by atoms with Gasteiger partial charge in [-0.2, -0.15) is 0 Å². The molecule has 2 aromatic rings. The molecule has 1 aromatic heterocycles. The second-order valence-electron chi connectivity index (χ2n) is 3.37. The SMILES string of the molecule is NCc1cn(Cc2ccc(Cl)cc2)cn1. The lowest BCUT2D eigenvalue weighted by Crippen LogP contribution is -1.97. The summed E-state index contributed by atoms with van der Waals surface area (Å²) in [6.07, 6.45) is 3.74. The number of benzene rings is 1. The Hall–Kier alpha value is -1.32. The highest BCUT2D eigenvalue weighted by molar-refractivity contribution is 6.30. The normalized spacial score (nSPS) is 10.5. The molecule has 1 aromatic carbocycles. The Labute approximate surface area is 93.5 Å². The number of imidazole rings is 1. The lowest BCUT2D eigenvalue weighted by atomic mass is 10.2. The van der Waals surface area contributed by atoms with E-state index in [4.69, 9.17) is 17.3 Å². The van der Waals surface area contributed by atoms with Crippen molar-refractivity contribution < 1.29 is 0 Å². The van der Waals surface area contributed by atoms with E-state index in [1.807, 2.05) is 35.0 Å². The van der Waals surface area contributed by atoms with E-state index in [1.165, 1.54) is 5.56 Å². The van der Waals surface area contributed by atoms with Crippen LogP contribution in [0.15, 0.2) is 36.8 Å². The molecule has 15 heavy (non-hydrogen) atoms. The Balaban J connectivity index is 2.11. The second-order valence-corrected chi connectivity index (χ2v) is 3.80. The van der Waals surface area contributed by atoms with Gasteiger partial charge in [-0.3, -0.25) is 0 Å². The van der Waals surface area contributed by atoms with Gasteiger partial charge in [-0.1, -0.05) is 23.7 Å². The summed E-state index contributed by atoms with van der Waals surface area (Å²) in [7, 11) is 0. The Morgan fingerprint density at radius 2 is 2.00 bits per heavy atom. The van der Waals surface area contributed by atoms with Crippen molar-refractivity contribution in [2.75, 3.05) is 0 Å². The Morgan fingerprint density at radius 3 is 2.60 bits per heavy atom. The summed E-state index contributed by atoms with van der Waals surface area (Å²) in [5, 5.41) is 0.757. The van der Waals surface area contributed by atoms with E-state index in [0.717, 1.165) is 17.3 Å². The van der Waals surface area contributed by atoms with Gasteiger partial charge in [0.25, 0.3) is 0 Å². The third-order valence-corrected chi connectivity index (χ3v) is 2.43. The Kier molecular flexibility index (Phi) is 3.04. The van der Waals surface area contributed by atoms with Gasteiger partial charge in [0.15, 0.2) is 0 Å². The van der Waals surface area contributed by atoms with Crippen LogP contribution in [0, 0.1) is 0 Å². The molecule has 0 bridgehead atoms. The van der Waals surface area contributed by atoms with Crippen LogP contribution in [0.5, 0.6) is 0 Å². The fourth-order valence-electron chi connectivity index (χ4n) is 1.40. The molecule has 78 valence electrons. The molecule has 0 aliphatic carbocycles. The van der Waals surface area contributed by atoms with Crippen LogP contribution in [-0.4, -0.2) is 9.55 Å². The van der Waals surface area contributed by atoms with Gasteiger partial charge in [0.1, 0.15) is 0 Å². The van der Waals surface area contributed by atoms with E-state index in [-0.39, 0.29) is 0 Å². The van der Waals surface area contributed by atoms with Crippen molar-refractivity contribution in [2.45, 2.75) is 13.1 Å². The highest BCUT2D eigenvalue weighted by Crippen LogP contribution is 2.10. The van der Waals surface area contributed by atoms with Gasteiger partial charge in [0.05, 0.1) is 12.0 Å². The van der Waals surface area contributed by atoms with Crippen LogP contribution in [0.2, 0.25) is 5.02 Å². The standard InChI is InChI=1S/C11H12ClN3/c12-10-3-1-9(2-4-10)6-15-7-11(5-13)14-8-15/h1-4,7-8H,5-6,13H2. The van der Waals surface area contributed by atoms with Crippen molar-refractivity contribution in [1.29, 1.82) is 0 Å². The van der Waals surface area contributed by atoms with Gasteiger partial charge in [0, 0.05) is 24.3 Å². The molecule has 0 aliphatic rings. The van der Waals surface area contributed by atoms with Crippen LogP contribution in [0.1, 0.15) is 11.3 Å². The van der Waals surface area contributed by atoms with E-state index in [1.54, 1.807) is 6.33 Å². The molecule has 0 aliphatic heterocycles. The summed E-state index contributed by atoms with van der Waals surface area (Å²) in [5.74, 6) is 0. The first-order chi connectivity index (χ1) is 7.28. The summed E-state index contributed by atoms with van der Waals surface area (Å²) in [6, 6.07) is 7.78. The third kappa shape index (κ3) is 2.58. The summed E-state index contributed by atoms with van der Waals surface area (Å²) in [6.45, 7) is 1.28. The van der Waals surface area contributed by atoms with Crippen LogP contribution in [-0.2, 0) is 13.1 Å². The number of hydrogen-bond acceptors (Lipinski definition) is 2. The van der Waals surface area contributed by atoms with Crippen molar-refractivity contribution in [1.82, 2.24) is 9.55 Å². The van der Waals surface area contributed by atoms with Crippen molar-refractivity contribution in [3.63, 3.8) is 0 Å². The van der Waals surface area contributed by atoms with Crippen LogP contribution >= 0.6 is 11.6 Å². The molecule has 2 rings (SSSR count). The van der Waals surface area contributed by atoms with E-state index in [9.17, 15) is 0 Å². The van der Waals surface area contributed by atoms with Gasteiger partial charge < -0.3 is 10.3 Å². The molecule has 0 amide bonds. The van der Waals surface area contributed by atoms with Crippen molar-refractivity contribution in [3.8, 4) is 0 Å². The fourth-order valence-corrected chi connectivity index (χ4v) is 1.52. The average Bonchev–Trinajstić information content (AvgIpc) is 2.69. The number of rotatable bonds is 3. The molecule has 0 unspecified atom stereocenters. The van der Waals surface area contributed by atoms with Gasteiger partial charge in [0.2, 0.25) is 0 Å². The number of nitrogens with zero attached hydrogens (tertiary/aromatic N) is 2. The minimum atomic E-state index is 0.480. The van der Waals surface area contributed by atoms with Crippen LogP contribution < -0.4 is 5.73 Å². The number of nitrogens with two attached hydrogens (primary N) is 1. The smallest absolute Gasteiger partial charge is 0.0953 e. The first-order valence-electron chi connectivity index (χ1n) is 4.73. The van der Waals surface area contributed by atoms with Crippen molar-refractivity contribution in [3.05, 3.63) is 53.1 Å². The average molecular weight is 222 g/mol. The Morgan fingerprint density at radius 1 is 1.27 bits per heavy atom. The maximum Gasteiger partial charge on any atom is 0.0953 e. The molecule has 0 radical (unpaired) electrons. The zero-order valence-corrected chi connectivity index (χ0v) is 8.98. The molecule has 3 nitrogen and oxygen atoms in total. The van der Waals surface area contributed by atoms with Crippen molar-refractivity contribution >= 4 is 11.6 Å². The van der Waals surface area contributed by atoms with Crippen LogP contribution in [0.25, 0.3) is 0 Å². The van der Waals surface area contributed by atoms with Gasteiger partial charge in [-0.25, -0.2) is 4.98 Å². The largest absolute Gasteiger partial charge is 0.333 e. The molecule has 2 N–H and O–H groups in total. The maximum atomic E-state index is 5.81. The maximum absolute atomic E-state index is 5.81. The highest BCUT2D eigenvalue weighted by Gasteiger charge is 1.98. The molecule has 1 heterocycles. The monoisotopic (exact) mass is 221 g/mol. The second kappa shape index (κ2) is 4.47. The first kappa shape index (κ1) is 10.2. The van der Waals surface area contributed by atoms with E-state index in [0.29, 0.717) is 6.54 Å². The zero-order valence-electron chi connectivity index (χ0n) is 8.23. The lowest BCUT2D eigenvalue weighted by Gasteiger charge is -2.01. The highest BCUT2D eigenvalue weighted by atomic mass is 35.5. The minimum Gasteiger partial charge on any atom is -0.333 e. The van der Waals surface area contributed by atoms with Gasteiger partial charge >= 0.3 is 0 Å². The number of aromatic nitrogens is 2. The van der Waals surface area contributed by atoms with Gasteiger partial charge in [-0.15, -0.1) is 0 Å². The van der Waals surface area contributed by atoms with Crippen LogP contribution in [0.4, 0.5) is 0 Å². The predicted octanol–water partition coefficient (Wildman–Crippen LogP) is 2.04. The van der Waals surface area contributed by atoms with Gasteiger partial charge in [-0.05, 0) is 17.7 Å². The molecular formula is C11H12ClN3. The molecule has 0 saturated heterocycles. The minimum absolute atomic E-state index is 0.480. The summed E-state index contributed by atoms with van der Waals surface area (Å²) >= 11 is 5.81. The van der Waals surface area contributed by atoms with E-state index >= 15 is 0 Å². The summed E-state index contributed by atoms with van der Waals surface area (Å²) < 4.78 is 2.01. The molecule has 0 spiro atoms. The van der Waals surface area contributed by atoms with Crippen LogP contribution in [0.3, 0.4) is 0 Å². The van der Waals surface area contributed by atoms with E-state index in [2.05, 4.69) is 4.98 Å². The lowest BCUT2D eigenvalue weighted by molar-refractivity contribution is 0.796. The topological polar surface area (TPSA) is 43.8 Å². The molecular weight excluding hydrogens is 210 g/mol. The third-order valence-electron chi connectivity index (χ3n) is 2.17. The summed E-state index contributed by atoms with van der Waals surface area (Å²) in [5.41, 5.74) is 7.58. The quantitative estimate of drug-likeness (QED) is 0.862. The fraction of sp³-hybridized carbons (Fsp3) is 0.182. The molecule has 0 fully saturated rings. The van der Waals surface area contributed by atoms with Crippen molar-refractivity contribution in [2.24, 2.45) is 5.73 Å². The summed E-state index contributed by atoms with van der Waals surface area (Å²) in [4.78, 5) is 4.16. The first-order valence-corrected chi connectivity index (χ1v) is 5.11. The number of halogens is 1. The molecule has 4 heteroatoms. The molecule has 0 atom stereocenters. The van der Waals surface area contributed by atoms with E-state index < -0.39 is 0 Å². The Bertz CT molecular complexity index is 433.